The van der Waals surface area contributed by atoms with Gasteiger partial charge in [-0.3, -0.25) is 4.79 Å². The molecule has 2 heteroatoms. The van der Waals surface area contributed by atoms with Gasteiger partial charge < -0.3 is 0 Å². The third-order valence-electron chi connectivity index (χ3n) is 0.809. The van der Waals surface area contributed by atoms with Crippen LogP contribution in [0.15, 0.2) is 0 Å². The molecule has 8 heavy (non-hydrogen) atoms. The van der Waals surface area contributed by atoms with Crippen molar-refractivity contribution in [2.75, 3.05) is 5.88 Å². The molecule has 0 atom stereocenters. The normalized spacial score (nSPS) is 9.25. The molecule has 0 spiro atoms. The van der Waals surface area contributed by atoms with Crippen molar-refractivity contribution < 1.29 is 4.79 Å². The number of unbranched alkanes of at least 4 members (excludes halogenated alkanes) is 1. The number of ketones is 1. The average Bonchev–Trinajstić information content (AvgIpc) is 1.83. The van der Waals surface area contributed by atoms with Gasteiger partial charge in [-0.1, -0.05) is 0 Å². The molecule has 0 aromatic heterocycles. The lowest BCUT2D eigenvalue weighted by molar-refractivity contribution is -0.116. The quantitative estimate of drug-likeness (QED) is 0.532. The summed E-state index contributed by atoms with van der Waals surface area (Å²) in [7, 11) is 0. The molecule has 2 radical (unpaired) electrons. The third kappa shape index (κ3) is 4.13. The summed E-state index contributed by atoms with van der Waals surface area (Å²) < 4.78 is 0. The van der Waals surface area contributed by atoms with Crippen LogP contribution in [-0.4, -0.2) is 11.7 Å². The van der Waals surface area contributed by atoms with Crippen molar-refractivity contribution in [3.05, 3.63) is 6.92 Å². The van der Waals surface area contributed by atoms with E-state index in [1.165, 1.54) is 0 Å². The zero-order valence-corrected chi connectivity index (χ0v) is 5.45. The molecule has 0 N–H and O–H groups in total. The van der Waals surface area contributed by atoms with Gasteiger partial charge in [0.05, 0.1) is 5.88 Å². The highest BCUT2D eigenvalue weighted by Gasteiger charge is 1.95. The van der Waals surface area contributed by atoms with E-state index >= 15 is 0 Å². The van der Waals surface area contributed by atoms with Crippen molar-refractivity contribution in [3.63, 3.8) is 0 Å². The minimum Gasteiger partial charge on any atom is -0.298 e. The first-order chi connectivity index (χ1) is 3.81. The summed E-state index contributed by atoms with van der Waals surface area (Å²) in [5.74, 6) is 0.206. The SMILES string of the molecule is [CH]CCCC(=O)CCl. The molecular weight excluding hydrogens is 124 g/mol. The monoisotopic (exact) mass is 132 g/mol. The van der Waals surface area contributed by atoms with Crippen LogP contribution in [0.1, 0.15) is 19.3 Å². The first-order valence-corrected chi connectivity index (χ1v) is 3.12. The summed E-state index contributed by atoms with van der Waals surface area (Å²) in [6, 6.07) is 0. The van der Waals surface area contributed by atoms with E-state index in [1.807, 2.05) is 0 Å². The maximum atomic E-state index is 10.4. The fraction of sp³-hybridized carbons (Fsp3) is 0.667. The molecule has 0 fully saturated rings. The number of rotatable bonds is 4. The van der Waals surface area contributed by atoms with Crippen molar-refractivity contribution in [1.29, 1.82) is 0 Å². The Morgan fingerprint density at radius 1 is 1.62 bits per heavy atom. The zero-order valence-electron chi connectivity index (χ0n) is 4.69. The van der Waals surface area contributed by atoms with Crippen LogP contribution in [0.3, 0.4) is 0 Å². The molecule has 0 saturated heterocycles. The van der Waals surface area contributed by atoms with Gasteiger partial charge in [-0.2, -0.15) is 0 Å². The van der Waals surface area contributed by atoms with Crippen molar-refractivity contribution in [2.24, 2.45) is 0 Å². The maximum absolute atomic E-state index is 10.4. The number of halogens is 1. The molecule has 0 aliphatic rings. The zero-order chi connectivity index (χ0) is 6.41. The Labute approximate surface area is 55.0 Å². The predicted octanol–water partition coefficient (Wildman–Crippen LogP) is 1.68. The van der Waals surface area contributed by atoms with Gasteiger partial charge in [-0.15, -0.1) is 11.6 Å². The molecule has 46 valence electrons. The van der Waals surface area contributed by atoms with Crippen molar-refractivity contribution in [1.82, 2.24) is 0 Å². The van der Waals surface area contributed by atoms with Crippen LogP contribution < -0.4 is 0 Å². The molecular formula is C6H9ClO. The molecule has 0 unspecified atom stereocenters. The van der Waals surface area contributed by atoms with Gasteiger partial charge in [0.2, 0.25) is 0 Å². The number of carbonyl (C=O) groups excluding carboxylic acids is 1. The van der Waals surface area contributed by atoms with Crippen LogP contribution in [0.4, 0.5) is 0 Å². The molecule has 0 aliphatic carbocycles. The van der Waals surface area contributed by atoms with E-state index in [2.05, 4.69) is 0 Å². The van der Waals surface area contributed by atoms with Crippen molar-refractivity contribution >= 4 is 17.4 Å². The summed E-state index contributed by atoms with van der Waals surface area (Å²) in [4.78, 5) is 10.4. The first kappa shape index (κ1) is 7.96. The number of hydrogen-bond acceptors (Lipinski definition) is 1. The fourth-order valence-electron chi connectivity index (χ4n) is 0.366. The van der Waals surface area contributed by atoms with E-state index in [1.54, 1.807) is 0 Å². The highest BCUT2D eigenvalue weighted by molar-refractivity contribution is 6.27. The van der Waals surface area contributed by atoms with E-state index in [9.17, 15) is 4.79 Å². The lowest BCUT2D eigenvalue weighted by Crippen LogP contribution is -1.97. The lowest BCUT2D eigenvalue weighted by atomic mass is 10.2. The van der Waals surface area contributed by atoms with Gasteiger partial charge in [0.1, 0.15) is 5.78 Å². The average molecular weight is 133 g/mol. The number of alkyl halides is 1. The smallest absolute Gasteiger partial charge is 0.147 e. The van der Waals surface area contributed by atoms with E-state index < -0.39 is 0 Å². The standard InChI is InChI=1S/C6H9ClO/c1-2-3-4-6(8)5-7/h1H,2-5H2. The first-order valence-electron chi connectivity index (χ1n) is 2.59. The topological polar surface area (TPSA) is 17.1 Å². The molecule has 0 amide bonds. The van der Waals surface area contributed by atoms with E-state index in [0.29, 0.717) is 12.8 Å². The molecule has 0 aliphatic heterocycles. The van der Waals surface area contributed by atoms with Crippen molar-refractivity contribution in [3.8, 4) is 0 Å². The van der Waals surface area contributed by atoms with Crippen molar-refractivity contribution in [2.45, 2.75) is 19.3 Å². The van der Waals surface area contributed by atoms with E-state index in [-0.39, 0.29) is 11.7 Å². The third-order valence-corrected chi connectivity index (χ3v) is 1.11. The van der Waals surface area contributed by atoms with Gasteiger partial charge in [0.25, 0.3) is 0 Å². The highest BCUT2D eigenvalue weighted by atomic mass is 35.5. The second kappa shape index (κ2) is 5.10. The van der Waals surface area contributed by atoms with E-state index in [0.717, 1.165) is 6.42 Å². The molecule has 1 nitrogen and oxygen atoms in total. The minimum absolute atomic E-state index is 0.0807. The van der Waals surface area contributed by atoms with Crippen LogP contribution in [0, 0.1) is 6.92 Å². The van der Waals surface area contributed by atoms with Gasteiger partial charge in [-0.05, 0) is 19.8 Å². The predicted molar refractivity (Wildman–Crippen MR) is 33.9 cm³/mol. The van der Waals surface area contributed by atoms with E-state index in [4.69, 9.17) is 18.5 Å². The van der Waals surface area contributed by atoms with Gasteiger partial charge in [0.15, 0.2) is 0 Å². The second-order valence-electron chi connectivity index (χ2n) is 1.56. The Balaban J connectivity index is 2.99. The fourth-order valence-corrected chi connectivity index (χ4v) is 0.500. The molecule has 0 aromatic rings. The summed E-state index contributed by atoms with van der Waals surface area (Å²) >= 11 is 5.20. The molecule has 0 heterocycles. The minimum atomic E-state index is 0.0807. The van der Waals surface area contributed by atoms with Crippen LogP contribution >= 0.6 is 11.6 Å². The molecule has 0 rings (SSSR count). The summed E-state index contributed by atoms with van der Waals surface area (Å²) in [6.45, 7) is 5.14. The van der Waals surface area contributed by atoms with Gasteiger partial charge in [-0.25, -0.2) is 0 Å². The Bertz CT molecular complexity index is 70.9. The molecule has 0 saturated carbocycles. The van der Waals surface area contributed by atoms with Crippen LogP contribution in [-0.2, 0) is 4.79 Å². The number of Topliss-reactive ketones (excluding diaryl/α,β-unsaturated/α-hetero) is 1. The molecule has 0 bridgehead atoms. The Kier molecular flexibility index (Phi) is 5.08. The number of carbonyl (C=O) groups is 1. The summed E-state index contributed by atoms with van der Waals surface area (Å²) in [6.07, 6.45) is 1.86. The van der Waals surface area contributed by atoms with Crippen LogP contribution in [0.2, 0.25) is 0 Å². The second-order valence-corrected chi connectivity index (χ2v) is 1.83. The van der Waals surface area contributed by atoms with Gasteiger partial charge >= 0.3 is 0 Å². The van der Waals surface area contributed by atoms with Crippen LogP contribution in [0.5, 0.6) is 0 Å². The Morgan fingerprint density at radius 3 is 2.62 bits per heavy atom. The Morgan fingerprint density at radius 2 is 2.25 bits per heavy atom. The maximum Gasteiger partial charge on any atom is 0.147 e. The molecule has 0 aromatic carbocycles. The largest absolute Gasteiger partial charge is 0.298 e. The van der Waals surface area contributed by atoms with Gasteiger partial charge in [0, 0.05) is 6.42 Å². The lowest BCUT2D eigenvalue weighted by Gasteiger charge is -1.89. The summed E-state index contributed by atoms with van der Waals surface area (Å²) in [5, 5.41) is 0. The summed E-state index contributed by atoms with van der Waals surface area (Å²) in [5.41, 5.74) is 0. The highest BCUT2D eigenvalue weighted by Crippen LogP contribution is 1.95. The van der Waals surface area contributed by atoms with Crippen LogP contribution in [0.25, 0.3) is 0 Å². The Hall–Kier alpha value is -0.0400. The number of hydrogen-bond donors (Lipinski definition) is 0.